The van der Waals surface area contributed by atoms with Crippen LogP contribution in [-0.4, -0.2) is 28.8 Å². The van der Waals surface area contributed by atoms with Crippen LogP contribution in [0.4, 0.5) is 37.8 Å². The lowest BCUT2D eigenvalue weighted by atomic mass is 10.1. The molecule has 0 amide bonds. The highest BCUT2D eigenvalue weighted by atomic mass is 32.2. The number of hydrogen-bond acceptors (Lipinski definition) is 6. The number of carbonyl (C=O) groups excluding carboxylic acids is 1. The van der Waals surface area contributed by atoms with E-state index in [1.54, 1.807) is 13.2 Å². The zero-order chi connectivity index (χ0) is 22.0. The van der Waals surface area contributed by atoms with Crippen molar-refractivity contribution in [1.82, 2.24) is 9.97 Å². The first-order chi connectivity index (χ1) is 13.4. The molecule has 2 rings (SSSR count). The molecule has 158 valence electrons. The molecule has 0 fully saturated rings. The Morgan fingerprint density at radius 2 is 1.62 bits per heavy atom. The fourth-order valence-corrected chi connectivity index (χ4v) is 2.75. The zero-order valence-electron chi connectivity index (χ0n) is 15.3. The first-order valence-electron chi connectivity index (χ1n) is 8.03. The summed E-state index contributed by atoms with van der Waals surface area (Å²) in [6.45, 7) is 3.00. The minimum absolute atomic E-state index is 0.00374. The van der Waals surface area contributed by atoms with Crippen LogP contribution in [0.5, 0.6) is 0 Å². The Morgan fingerprint density at radius 3 is 2.07 bits per heavy atom. The minimum atomic E-state index is -5.01. The third-order valence-corrected chi connectivity index (χ3v) is 4.13. The molecule has 2 aromatic rings. The fourth-order valence-electron chi connectivity index (χ4n) is 2.34. The van der Waals surface area contributed by atoms with Crippen LogP contribution < -0.4 is 5.32 Å². The maximum absolute atomic E-state index is 13.1. The van der Waals surface area contributed by atoms with Gasteiger partial charge in [0.25, 0.3) is 0 Å². The molecular formula is C17H15F6N3O2S. The van der Waals surface area contributed by atoms with Crippen molar-refractivity contribution in [3.63, 3.8) is 0 Å². The van der Waals surface area contributed by atoms with Gasteiger partial charge in [-0.25, -0.2) is 14.8 Å². The number of thioether (sulfide) groups is 1. The summed E-state index contributed by atoms with van der Waals surface area (Å²) in [6, 6.07) is 1.01. The van der Waals surface area contributed by atoms with E-state index in [0.29, 0.717) is 12.1 Å². The first-order valence-corrected chi connectivity index (χ1v) is 9.25. The van der Waals surface area contributed by atoms with Gasteiger partial charge in [0.1, 0.15) is 11.4 Å². The third-order valence-electron chi connectivity index (χ3n) is 3.58. The van der Waals surface area contributed by atoms with Gasteiger partial charge in [-0.1, -0.05) is 11.8 Å². The molecule has 0 spiro atoms. The normalized spacial score (nSPS) is 12.0. The molecule has 0 atom stereocenters. The average Bonchev–Trinajstić information content (AvgIpc) is 2.59. The first kappa shape index (κ1) is 22.8. The highest BCUT2D eigenvalue weighted by Crippen LogP contribution is 2.38. The van der Waals surface area contributed by atoms with Crippen LogP contribution in [0.2, 0.25) is 0 Å². The Hall–Kier alpha value is -2.50. The summed E-state index contributed by atoms with van der Waals surface area (Å²) in [6.07, 6.45) is -8.39. The number of alkyl halides is 6. The van der Waals surface area contributed by atoms with Crippen LogP contribution in [0.3, 0.4) is 0 Å². The molecule has 5 nitrogen and oxygen atoms in total. The quantitative estimate of drug-likeness (QED) is 0.289. The van der Waals surface area contributed by atoms with Gasteiger partial charge in [0.15, 0.2) is 5.16 Å². The maximum Gasteiger partial charge on any atom is 0.416 e. The van der Waals surface area contributed by atoms with Gasteiger partial charge >= 0.3 is 18.3 Å². The number of anilines is 2. The Balaban J connectivity index is 2.63. The molecule has 0 aliphatic carbocycles. The van der Waals surface area contributed by atoms with Crippen molar-refractivity contribution in [2.45, 2.75) is 31.4 Å². The lowest BCUT2D eigenvalue weighted by Crippen LogP contribution is -2.15. The van der Waals surface area contributed by atoms with E-state index in [4.69, 9.17) is 4.74 Å². The largest absolute Gasteiger partial charge is 0.462 e. The van der Waals surface area contributed by atoms with Crippen LogP contribution in [0.15, 0.2) is 23.4 Å². The van der Waals surface area contributed by atoms with Gasteiger partial charge in [-0.2, -0.15) is 26.3 Å². The summed E-state index contributed by atoms with van der Waals surface area (Å²) in [4.78, 5) is 20.3. The molecule has 12 heteroatoms. The summed E-state index contributed by atoms with van der Waals surface area (Å²) in [5.41, 5.74) is -3.56. The SMILES string of the molecule is CCOC(=O)c1c(C)nc(SC)nc1Nc1cc(C(F)(F)F)cc(C(F)(F)F)c1. The molecule has 0 aliphatic heterocycles. The lowest BCUT2D eigenvalue weighted by Gasteiger charge is -2.17. The predicted octanol–water partition coefficient (Wildman–Crippen LogP) is 5.46. The van der Waals surface area contributed by atoms with E-state index in [0.717, 1.165) is 11.8 Å². The molecule has 1 heterocycles. The van der Waals surface area contributed by atoms with Crippen LogP contribution in [0.25, 0.3) is 0 Å². The standard InChI is InChI=1S/C17H15F6N3O2S/c1-4-28-14(27)12-8(2)24-15(29-3)26-13(12)25-11-6-9(16(18,19)20)5-10(7-11)17(21,22)23/h5-7H,4H2,1-3H3,(H,24,25,26). The van der Waals surface area contributed by atoms with Crippen LogP contribution in [0.1, 0.15) is 34.1 Å². The summed E-state index contributed by atoms with van der Waals surface area (Å²) in [5.74, 6) is -1.11. The van der Waals surface area contributed by atoms with E-state index in [2.05, 4.69) is 15.3 Å². The van der Waals surface area contributed by atoms with Crippen molar-refractivity contribution in [3.05, 3.63) is 40.6 Å². The molecule has 1 aromatic heterocycles. The van der Waals surface area contributed by atoms with Gasteiger partial charge in [0.05, 0.1) is 23.4 Å². The van der Waals surface area contributed by atoms with Crippen LogP contribution in [-0.2, 0) is 17.1 Å². The second-order valence-corrected chi connectivity index (χ2v) is 6.43. The van der Waals surface area contributed by atoms with Gasteiger partial charge in [0.2, 0.25) is 0 Å². The summed E-state index contributed by atoms with van der Waals surface area (Å²) in [7, 11) is 0. The Bertz CT molecular complexity index is 883. The molecular weight excluding hydrogens is 424 g/mol. The van der Waals surface area contributed by atoms with Crippen molar-refractivity contribution in [1.29, 1.82) is 0 Å². The minimum Gasteiger partial charge on any atom is -0.462 e. The number of carbonyl (C=O) groups is 1. The van der Waals surface area contributed by atoms with E-state index >= 15 is 0 Å². The van der Waals surface area contributed by atoms with E-state index in [9.17, 15) is 31.1 Å². The Labute approximate surface area is 165 Å². The second kappa shape index (κ2) is 8.47. The van der Waals surface area contributed by atoms with E-state index in [1.807, 2.05) is 0 Å². The predicted molar refractivity (Wildman–Crippen MR) is 94.2 cm³/mol. The summed E-state index contributed by atoms with van der Waals surface area (Å²) in [5, 5.41) is 2.55. The van der Waals surface area contributed by atoms with Gasteiger partial charge in [0, 0.05) is 5.69 Å². The third kappa shape index (κ3) is 5.52. The number of esters is 1. The molecule has 0 saturated heterocycles. The number of aromatic nitrogens is 2. The van der Waals surface area contributed by atoms with Crippen molar-refractivity contribution >= 4 is 29.2 Å². The lowest BCUT2D eigenvalue weighted by molar-refractivity contribution is -0.143. The number of ether oxygens (including phenoxy) is 1. The van der Waals surface area contributed by atoms with E-state index < -0.39 is 35.1 Å². The zero-order valence-corrected chi connectivity index (χ0v) is 16.1. The monoisotopic (exact) mass is 439 g/mol. The van der Waals surface area contributed by atoms with Crippen molar-refractivity contribution in [3.8, 4) is 0 Å². The molecule has 0 bridgehead atoms. The molecule has 0 aliphatic rings. The molecule has 0 saturated carbocycles. The van der Waals surface area contributed by atoms with Gasteiger partial charge in [-0.15, -0.1) is 0 Å². The second-order valence-electron chi connectivity index (χ2n) is 5.66. The molecule has 1 N–H and O–H groups in total. The maximum atomic E-state index is 13.1. The summed E-state index contributed by atoms with van der Waals surface area (Å²) >= 11 is 1.08. The number of rotatable bonds is 5. The number of nitrogens with zero attached hydrogens (tertiary/aromatic N) is 2. The van der Waals surface area contributed by atoms with Crippen molar-refractivity contribution in [2.24, 2.45) is 0 Å². The van der Waals surface area contributed by atoms with Gasteiger partial charge < -0.3 is 10.1 Å². The Morgan fingerprint density at radius 1 is 1.07 bits per heavy atom. The fraction of sp³-hybridized carbons (Fsp3) is 0.353. The van der Waals surface area contributed by atoms with Crippen LogP contribution >= 0.6 is 11.8 Å². The highest BCUT2D eigenvalue weighted by Gasteiger charge is 2.37. The van der Waals surface area contributed by atoms with Gasteiger partial charge in [-0.3, -0.25) is 0 Å². The van der Waals surface area contributed by atoms with Crippen LogP contribution in [0, 0.1) is 6.92 Å². The number of halogens is 6. The van der Waals surface area contributed by atoms with Gasteiger partial charge in [-0.05, 0) is 38.3 Å². The van der Waals surface area contributed by atoms with E-state index in [-0.39, 0.29) is 34.9 Å². The smallest absolute Gasteiger partial charge is 0.416 e. The number of hydrogen-bond donors (Lipinski definition) is 1. The van der Waals surface area contributed by atoms with E-state index in [1.165, 1.54) is 6.92 Å². The number of aryl methyl sites for hydroxylation is 1. The highest BCUT2D eigenvalue weighted by molar-refractivity contribution is 7.98. The number of benzene rings is 1. The average molecular weight is 439 g/mol. The molecule has 0 radical (unpaired) electrons. The number of nitrogens with one attached hydrogen (secondary N) is 1. The molecule has 29 heavy (non-hydrogen) atoms. The summed E-state index contributed by atoms with van der Waals surface area (Å²) < 4.78 is 83.3. The van der Waals surface area contributed by atoms with Crippen molar-refractivity contribution in [2.75, 3.05) is 18.2 Å². The topological polar surface area (TPSA) is 64.1 Å². The Kier molecular flexibility index (Phi) is 6.66. The van der Waals surface area contributed by atoms with Crippen molar-refractivity contribution < 1.29 is 35.9 Å². The molecule has 0 unspecified atom stereocenters. The molecule has 1 aromatic carbocycles.